The maximum Gasteiger partial charge on any atom is 0.0590 e. The van der Waals surface area contributed by atoms with Crippen molar-refractivity contribution < 1.29 is 4.74 Å². The Balaban J connectivity index is 2.30. The molecule has 1 fully saturated rings. The molecule has 0 aliphatic carbocycles. The number of hydrogen-bond donors (Lipinski definition) is 1. The molecule has 0 spiro atoms. The van der Waals surface area contributed by atoms with Gasteiger partial charge in [-0.3, -0.25) is 4.90 Å². The van der Waals surface area contributed by atoms with Gasteiger partial charge in [-0.15, -0.1) is 11.8 Å². The lowest BCUT2D eigenvalue weighted by atomic mass is 10.1. The summed E-state index contributed by atoms with van der Waals surface area (Å²) in [5.41, 5.74) is 0. The Labute approximate surface area is 91.6 Å². The minimum Gasteiger partial charge on any atom is -0.383 e. The monoisotopic (exact) mass is 218 g/mol. The number of methoxy groups -OCH3 is 1. The molecule has 84 valence electrons. The van der Waals surface area contributed by atoms with Gasteiger partial charge in [0.25, 0.3) is 0 Å². The molecule has 1 saturated heterocycles. The van der Waals surface area contributed by atoms with E-state index in [1.54, 1.807) is 7.11 Å². The Hall–Kier alpha value is 0.230. The predicted octanol–water partition coefficient (Wildman–Crippen LogP) is 1.01. The average molecular weight is 218 g/mol. The van der Waals surface area contributed by atoms with E-state index in [0.29, 0.717) is 0 Å². The Morgan fingerprint density at radius 3 is 2.71 bits per heavy atom. The van der Waals surface area contributed by atoms with Crippen LogP contribution in [0.2, 0.25) is 0 Å². The molecule has 0 bridgehead atoms. The first-order valence-electron chi connectivity index (χ1n) is 5.31. The summed E-state index contributed by atoms with van der Waals surface area (Å²) in [6.07, 6.45) is 4.73. The van der Waals surface area contributed by atoms with E-state index in [-0.39, 0.29) is 0 Å². The first-order valence-corrected chi connectivity index (χ1v) is 6.70. The molecule has 4 heteroatoms. The van der Waals surface area contributed by atoms with Crippen molar-refractivity contribution in [2.75, 3.05) is 45.5 Å². The summed E-state index contributed by atoms with van der Waals surface area (Å²) in [4.78, 5) is 2.55. The number of nitrogens with zero attached hydrogens (tertiary/aromatic N) is 1. The van der Waals surface area contributed by atoms with Gasteiger partial charge in [-0.05, 0) is 32.2 Å². The fourth-order valence-electron chi connectivity index (χ4n) is 1.90. The summed E-state index contributed by atoms with van der Waals surface area (Å²) >= 11 is 1.90. The Morgan fingerprint density at radius 1 is 1.43 bits per heavy atom. The zero-order chi connectivity index (χ0) is 10.2. The Kier molecular flexibility index (Phi) is 6.60. The van der Waals surface area contributed by atoms with E-state index in [1.807, 2.05) is 11.8 Å². The minimum atomic E-state index is 0.763. The van der Waals surface area contributed by atoms with Gasteiger partial charge in [0, 0.05) is 25.6 Å². The maximum absolute atomic E-state index is 5.14. The molecule has 0 atom stereocenters. The largest absolute Gasteiger partial charge is 0.383 e. The number of rotatable bonds is 6. The highest BCUT2D eigenvalue weighted by molar-refractivity contribution is 7.98. The summed E-state index contributed by atoms with van der Waals surface area (Å²) in [5.74, 6) is 1.13. The number of hydrogen-bond acceptors (Lipinski definition) is 4. The van der Waals surface area contributed by atoms with Gasteiger partial charge in [-0.2, -0.15) is 0 Å². The minimum absolute atomic E-state index is 0.763. The van der Waals surface area contributed by atoms with Crippen LogP contribution in [0.3, 0.4) is 0 Å². The molecule has 0 aromatic carbocycles. The fourth-order valence-corrected chi connectivity index (χ4v) is 2.57. The quantitative estimate of drug-likeness (QED) is 0.673. The van der Waals surface area contributed by atoms with Crippen molar-refractivity contribution >= 4 is 11.8 Å². The van der Waals surface area contributed by atoms with Crippen molar-refractivity contribution in [1.82, 2.24) is 10.2 Å². The van der Waals surface area contributed by atoms with Gasteiger partial charge in [0.15, 0.2) is 0 Å². The summed E-state index contributed by atoms with van der Waals surface area (Å²) in [7, 11) is 1.78. The van der Waals surface area contributed by atoms with Crippen LogP contribution in [-0.4, -0.2) is 56.4 Å². The zero-order valence-electron chi connectivity index (χ0n) is 9.29. The highest BCUT2D eigenvalue weighted by Gasteiger charge is 2.19. The topological polar surface area (TPSA) is 24.5 Å². The van der Waals surface area contributed by atoms with Crippen molar-refractivity contribution in [3.63, 3.8) is 0 Å². The van der Waals surface area contributed by atoms with E-state index in [2.05, 4.69) is 16.5 Å². The molecular weight excluding hydrogens is 196 g/mol. The maximum atomic E-state index is 5.14. The van der Waals surface area contributed by atoms with Crippen LogP contribution in [0.4, 0.5) is 0 Å². The van der Waals surface area contributed by atoms with Crippen molar-refractivity contribution in [2.45, 2.75) is 18.9 Å². The molecule has 1 aliphatic rings. The zero-order valence-corrected chi connectivity index (χ0v) is 10.1. The first-order chi connectivity index (χ1) is 6.88. The molecule has 1 rings (SSSR count). The highest BCUT2D eigenvalue weighted by atomic mass is 32.2. The molecule has 0 aromatic heterocycles. The van der Waals surface area contributed by atoms with Crippen LogP contribution in [0.5, 0.6) is 0 Å². The number of nitrogens with one attached hydrogen (secondary N) is 1. The normalized spacial score (nSPS) is 19.1. The van der Waals surface area contributed by atoms with Crippen LogP contribution in [0.1, 0.15) is 12.8 Å². The van der Waals surface area contributed by atoms with E-state index in [9.17, 15) is 0 Å². The van der Waals surface area contributed by atoms with Gasteiger partial charge in [0.2, 0.25) is 0 Å². The molecular formula is C10H22N2OS. The lowest BCUT2D eigenvalue weighted by Gasteiger charge is -2.33. The third-order valence-electron chi connectivity index (χ3n) is 2.70. The van der Waals surface area contributed by atoms with E-state index >= 15 is 0 Å². The second-order valence-electron chi connectivity index (χ2n) is 3.70. The van der Waals surface area contributed by atoms with E-state index in [0.717, 1.165) is 25.1 Å². The summed E-state index contributed by atoms with van der Waals surface area (Å²) in [6.45, 7) is 4.26. The molecule has 14 heavy (non-hydrogen) atoms. The predicted molar refractivity (Wildman–Crippen MR) is 62.9 cm³/mol. The lowest BCUT2D eigenvalue weighted by Crippen LogP contribution is -2.44. The molecule has 1 heterocycles. The van der Waals surface area contributed by atoms with Gasteiger partial charge in [0.1, 0.15) is 0 Å². The number of thioether (sulfide) groups is 1. The van der Waals surface area contributed by atoms with E-state index in [4.69, 9.17) is 4.74 Å². The van der Waals surface area contributed by atoms with Crippen LogP contribution in [0.15, 0.2) is 0 Å². The summed E-state index contributed by atoms with van der Waals surface area (Å²) in [6, 6.07) is 0.763. The molecule has 0 unspecified atom stereocenters. The third kappa shape index (κ3) is 4.17. The van der Waals surface area contributed by atoms with E-state index < -0.39 is 0 Å². The average Bonchev–Trinajstić information content (AvgIpc) is 2.25. The van der Waals surface area contributed by atoms with Crippen molar-refractivity contribution in [3.05, 3.63) is 0 Å². The molecule has 0 amide bonds. The van der Waals surface area contributed by atoms with Crippen LogP contribution >= 0.6 is 11.8 Å². The van der Waals surface area contributed by atoms with Crippen LogP contribution < -0.4 is 5.32 Å². The van der Waals surface area contributed by atoms with E-state index in [1.165, 1.54) is 25.9 Å². The van der Waals surface area contributed by atoms with Crippen molar-refractivity contribution in [3.8, 4) is 0 Å². The number of ether oxygens (including phenoxy) is 1. The van der Waals surface area contributed by atoms with Gasteiger partial charge < -0.3 is 10.1 Å². The number of piperidine rings is 1. The molecule has 0 aromatic rings. The van der Waals surface area contributed by atoms with Crippen LogP contribution in [-0.2, 0) is 4.74 Å². The van der Waals surface area contributed by atoms with Gasteiger partial charge in [0.05, 0.1) is 6.61 Å². The molecule has 3 nitrogen and oxygen atoms in total. The summed E-state index contributed by atoms with van der Waals surface area (Å²) in [5, 5.41) is 3.40. The highest BCUT2D eigenvalue weighted by Crippen LogP contribution is 2.13. The van der Waals surface area contributed by atoms with Gasteiger partial charge in [-0.1, -0.05) is 0 Å². The molecule has 1 aliphatic heterocycles. The smallest absolute Gasteiger partial charge is 0.0590 e. The van der Waals surface area contributed by atoms with Gasteiger partial charge in [-0.25, -0.2) is 0 Å². The van der Waals surface area contributed by atoms with Crippen LogP contribution in [0.25, 0.3) is 0 Å². The lowest BCUT2D eigenvalue weighted by molar-refractivity contribution is 0.121. The molecule has 1 N–H and O–H groups in total. The van der Waals surface area contributed by atoms with Crippen molar-refractivity contribution in [1.29, 1.82) is 0 Å². The van der Waals surface area contributed by atoms with Crippen LogP contribution in [0, 0.1) is 0 Å². The van der Waals surface area contributed by atoms with Crippen molar-refractivity contribution in [2.24, 2.45) is 0 Å². The first kappa shape index (κ1) is 12.3. The SMILES string of the molecule is COCCN(CSC)C1CCNCC1. The summed E-state index contributed by atoms with van der Waals surface area (Å²) < 4.78 is 5.14. The van der Waals surface area contributed by atoms with Gasteiger partial charge >= 0.3 is 0 Å². The second-order valence-corrected chi connectivity index (χ2v) is 4.54. The molecule has 0 saturated carbocycles. The Morgan fingerprint density at radius 2 is 2.14 bits per heavy atom. The Bertz CT molecular complexity index is 140. The second kappa shape index (κ2) is 7.51. The fraction of sp³-hybridized carbons (Fsp3) is 1.00. The standard InChI is InChI=1S/C10H22N2OS/c1-13-8-7-12(9-14-2)10-3-5-11-6-4-10/h10-11H,3-9H2,1-2H3. The third-order valence-corrected chi connectivity index (χ3v) is 3.29. The molecule has 0 radical (unpaired) electrons.